The van der Waals surface area contributed by atoms with Crippen LogP contribution in [-0.2, 0) is 17.7 Å². The number of aromatic nitrogens is 2. The average molecular weight is 434 g/mol. The molecule has 31 heavy (non-hydrogen) atoms. The van der Waals surface area contributed by atoms with E-state index in [9.17, 15) is 0 Å². The highest BCUT2D eigenvalue weighted by atomic mass is 35.5. The number of ether oxygens (including phenoxy) is 1. The van der Waals surface area contributed by atoms with Gasteiger partial charge in [0.05, 0.1) is 30.2 Å². The van der Waals surface area contributed by atoms with Gasteiger partial charge in [-0.1, -0.05) is 71.3 Å². The van der Waals surface area contributed by atoms with Gasteiger partial charge in [0, 0.05) is 12.1 Å². The number of halogens is 1. The summed E-state index contributed by atoms with van der Waals surface area (Å²) in [4.78, 5) is 0. The van der Waals surface area contributed by atoms with Crippen molar-refractivity contribution in [2.45, 2.75) is 32.9 Å². The summed E-state index contributed by atoms with van der Waals surface area (Å²) in [6.07, 6.45) is 0.789. The first-order chi connectivity index (χ1) is 15.0. The molecule has 4 nitrogen and oxygen atoms in total. The quantitative estimate of drug-likeness (QED) is 0.401. The monoisotopic (exact) mass is 433 g/mol. The minimum atomic E-state index is 0.00292. The molecular weight excluding hydrogens is 406 g/mol. The van der Waals surface area contributed by atoms with Crippen LogP contribution in [0.1, 0.15) is 28.3 Å². The van der Waals surface area contributed by atoms with Crippen molar-refractivity contribution in [3.8, 4) is 0 Å². The van der Waals surface area contributed by atoms with E-state index in [4.69, 9.17) is 21.7 Å². The van der Waals surface area contributed by atoms with Gasteiger partial charge >= 0.3 is 0 Å². The Morgan fingerprint density at radius 3 is 2.10 bits per heavy atom. The molecule has 0 fully saturated rings. The Hall–Kier alpha value is -2.82. The molecule has 1 N–H and O–H groups in total. The summed E-state index contributed by atoms with van der Waals surface area (Å²) in [5.41, 5.74) is 7.26. The van der Waals surface area contributed by atoms with Crippen molar-refractivity contribution >= 4 is 22.6 Å². The van der Waals surface area contributed by atoms with E-state index in [-0.39, 0.29) is 6.04 Å². The first-order valence-electron chi connectivity index (χ1n) is 10.5. The van der Waals surface area contributed by atoms with E-state index in [0.717, 1.165) is 23.0 Å². The molecule has 0 aliphatic rings. The molecule has 0 spiro atoms. The van der Waals surface area contributed by atoms with E-state index in [2.05, 4.69) is 66.9 Å². The number of imidazole rings is 1. The zero-order valence-corrected chi connectivity index (χ0v) is 19.0. The van der Waals surface area contributed by atoms with Crippen LogP contribution < -0.4 is 5.62 Å². The van der Waals surface area contributed by atoms with Gasteiger partial charge in [0.15, 0.2) is 0 Å². The van der Waals surface area contributed by atoms with Crippen LogP contribution in [0.4, 0.5) is 0 Å². The molecule has 1 unspecified atom stereocenters. The van der Waals surface area contributed by atoms with Crippen molar-refractivity contribution in [2.75, 3.05) is 13.7 Å². The highest BCUT2D eigenvalue weighted by molar-refractivity contribution is 6.31. The van der Waals surface area contributed by atoms with Crippen LogP contribution in [0.2, 0.25) is 5.02 Å². The molecule has 1 aromatic heterocycles. The second kappa shape index (κ2) is 9.13. The molecule has 0 aliphatic carbocycles. The van der Waals surface area contributed by atoms with Crippen molar-refractivity contribution in [3.63, 3.8) is 0 Å². The standard InChI is InChI=1S/C26H28ClN3O/c1-18-4-8-20(9-5-18)14-23(17-31-3)30-24-13-12-22(27)15-25(24)29(26(30)28)16-21-10-6-19(2)7-11-21/h4-13,15,23,28H,14,16-17H2,1-3H3. The number of benzene rings is 3. The Balaban J connectivity index is 1.81. The van der Waals surface area contributed by atoms with Crippen molar-refractivity contribution in [1.82, 2.24) is 9.13 Å². The van der Waals surface area contributed by atoms with Crippen molar-refractivity contribution in [1.29, 1.82) is 5.41 Å². The van der Waals surface area contributed by atoms with Crippen LogP contribution in [0.25, 0.3) is 11.0 Å². The Morgan fingerprint density at radius 2 is 1.48 bits per heavy atom. The highest BCUT2D eigenvalue weighted by Crippen LogP contribution is 2.24. The van der Waals surface area contributed by atoms with Gasteiger partial charge in [-0.25, -0.2) is 0 Å². The minimum absolute atomic E-state index is 0.00292. The summed E-state index contributed by atoms with van der Waals surface area (Å²) >= 11 is 6.35. The van der Waals surface area contributed by atoms with Crippen LogP contribution in [0.5, 0.6) is 0 Å². The lowest BCUT2D eigenvalue weighted by Gasteiger charge is -2.19. The average Bonchev–Trinajstić information content (AvgIpc) is 3.02. The second-order valence-electron chi connectivity index (χ2n) is 8.20. The van der Waals surface area contributed by atoms with Gasteiger partial charge in [0.2, 0.25) is 5.62 Å². The topological polar surface area (TPSA) is 42.9 Å². The number of nitrogens with one attached hydrogen (secondary N) is 1. The lowest BCUT2D eigenvalue weighted by molar-refractivity contribution is 0.154. The van der Waals surface area contributed by atoms with Gasteiger partial charge < -0.3 is 13.9 Å². The molecule has 0 saturated heterocycles. The van der Waals surface area contributed by atoms with E-state index >= 15 is 0 Å². The Kier molecular flexibility index (Phi) is 6.30. The molecule has 1 atom stereocenters. The van der Waals surface area contributed by atoms with E-state index in [1.807, 2.05) is 22.8 Å². The molecule has 4 rings (SSSR count). The van der Waals surface area contributed by atoms with Crippen molar-refractivity contribution in [2.24, 2.45) is 0 Å². The maximum Gasteiger partial charge on any atom is 0.203 e. The molecule has 0 aliphatic heterocycles. The molecule has 0 radical (unpaired) electrons. The maximum atomic E-state index is 9.07. The zero-order valence-electron chi connectivity index (χ0n) is 18.2. The van der Waals surface area contributed by atoms with Crippen LogP contribution >= 0.6 is 11.6 Å². The summed E-state index contributed by atoms with van der Waals surface area (Å²) in [6.45, 7) is 5.32. The molecule has 0 bridgehead atoms. The molecule has 160 valence electrons. The number of hydrogen-bond acceptors (Lipinski definition) is 2. The third kappa shape index (κ3) is 4.60. The molecule has 1 heterocycles. The molecule has 3 aromatic carbocycles. The van der Waals surface area contributed by atoms with Gasteiger partial charge in [0.1, 0.15) is 0 Å². The number of fused-ring (bicyclic) bond motifs is 1. The Morgan fingerprint density at radius 1 is 0.871 bits per heavy atom. The molecule has 5 heteroatoms. The summed E-state index contributed by atoms with van der Waals surface area (Å²) in [5, 5.41) is 9.74. The Bertz CT molecular complexity index is 1240. The fourth-order valence-electron chi connectivity index (χ4n) is 4.09. The smallest absolute Gasteiger partial charge is 0.203 e. The van der Waals surface area contributed by atoms with Gasteiger partial charge in [-0.3, -0.25) is 5.41 Å². The highest BCUT2D eigenvalue weighted by Gasteiger charge is 2.20. The fourth-order valence-corrected chi connectivity index (χ4v) is 4.26. The molecule has 0 amide bonds. The summed E-state index contributed by atoms with van der Waals surface area (Å²) in [5.74, 6) is 0. The second-order valence-corrected chi connectivity index (χ2v) is 8.63. The summed E-state index contributed by atoms with van der Waals surface area (Å²) in [7, 11) is 1.72. The van der Waals surface area contributed by atoms with Crippen LogP contribution in [0.15, 0.2) is 66.7 Å². The maximum absolute atomic E-state index is 9.07. The zero-order chi connectivity index (χ0) is 22.0. The van der Waals surface area contributed by atoms with Crippen molar-refractivity contribution < 1.29 is 4.74 Å². The van der Waals surface area contributed by atoms with Crippen LogP contribution in [0.3, 0.4) is 0 Å². The van der Waals surface area contributed by atoms with Gasteiger partial charge in [-0.2, -0.15) is 0 Å². The van der Waals surface area contributed by atoms with Crippen LogP contribution in [-0.4, -0.2) is 22.9 Å². The predicted octanol–water partition coefficient (Wildman–Crippen LogP) is 5.67. The summed E-state index contributed by atoms with van der Waals surface area (Å²) < 4.78 is 9.70. The van der Waals surface area contributed by atoms with E-state index < -0.39 is 0 Å². The third-order valence-corrected chi connectivity index (χ3v) is 5.98. The molecular formula is C26H28ClN3O. The molecule has 0 saturated carbocycles. The molecule has 4 aromatic rings. The van der Waals surface area contributed by atoms with E-state index in [1.54, 1.807) is 7.11 Å². The van der Waals surface area contributed by atoms with E-state index in [1.165, 1.54) is 16.7 Å². The number of rotatable bonds is 7. The lowest BCUT2D eigenvalue weighted by Crippen LogP contribution is -2.31. The lowest BCUT2D eigenvalue weighted by atomic mass is 10.0. The number of aryl methyl sites for hydroxylation is 2. The van der Waals surface area contributed by atoms with Crippen LogP contribution in [0, 0.1) is 19.3 Å². The van der Waals surface area contributed by atoms with Crippen molar-refractivity contribution in [3.05, 3.63) is 99.6 Å². The first-order valence-corrected chi connectivity index (χ1v) is 10.9. The fraction of sp³-hybridized carbons (Fsp3) is 0.269. The van der Waals surface area contributed by atoms with Gasteiger partial charge in [-0.15, -0.1) is 0 Å². The van der Waals surface area contributed by atoms with Gasteiger partial charge in [-0.05, 0) is 49.6 Å². The Labute approximate surface area is 188 Å². The number of methoxy groups -OCH3 is 1. The SMILES string of the molecule is COCC(Cc1ccc(C)cc1)n1c(=N)n(Cc2ccc(C)cc2)c2cc(Cl)ccc21. The predicted molar refractivity (Wildman–Crippen MR) is 127 cm³/mol. The summed E-state index contributed by atoms with van der Waals surface area (Å²) in [6, 6.07) is 22.9. The largest absolute Gasteiger partial charge is 0.383 e. The number of hydrogen-bond donors (Lipinski definition) is 1. The third-order valence-electron chi connectivity index (χ3n) is 5.75. The normalized spacial score (nSPS) is 12.4. The van der Waals surface area contributed by atoms with Gasteiger partial charge in [0.25, 0.3) is 0 Å². The first kappa shape index (κ1) is 21.4. The van der Waals surface area contributed by atoms with E-state index in [0.29, 0.717) is 23.8 Å². The minimum Gasteiger partial charge on any atom is -0.383 e. The number of nitrogens with zero attached hydrogens (tertiary/aromatic N) is 2.